The van der Waals surface area contributed by atoms with Gasteiger partial charge in [-0.05, 0) is 30.7 Å². The van der Waals surface area contributed by atoms with Crippen LogP contribution in [0.4, 0.5) is 4.79 Å². The molecule has 1 aromatic heterocycles. The maximum atomic E-state index is 12.7. The Hall–Kier alpha value is -3.97. The molecule has 0 radical (unpaired) electrons. The third kappa shape index (κ3) is 4.23. The molecule has 4 aromatic rings. The highest BCUT2D eigenvalue weighted by Gasteiger charge is 2.29. The van der Waals surface area contributed by atoms with Crippen LogP contribution < -0.4 is 5.32 Å². The molecule has 0 aliphatic carbocycles. The van der Waals surface area contributed by atoms with Crippen molar-refractivity contribution in [3.63, 3.8) is 0 Å². The van der Waals surface area contributed by atoms with Crippen molar-refractivity contribution >= 4 is 23.4 Å². The Labute approximate surface area is 195 Å². The summed E-state index contributed by atoms with van der Waals surface area (Å²) in [6, 6.07) is 24.9. The summed E-state index contributed by atoms with van der Waals surface area (Å²) >= 11 is 5.92. The average molecular weight is 458 g/mol. The minimum absolute atomic E-state index is 0.108. The van der Waals surface area contributed by atoms with Gasteiger partial charge in [-0.2, -0.15) is 0 Å². The van der Waals surface area contributed by atoms with E-state index in [0.717, 1.165) is 28.1 Å². The van der Waals surface area contributed by atoms with Crippen LogP contribution in [0.15, 0.2) is 83.9 Å². The van der Waals surface area contributed by atoms with E-state index in [1.807, 2.05) is 78.2 Å². The predicted octanol–water partition coefficient (Wildman–Crippen LogP) is 5.01. The zero-order valence-electron chi connectivity index (χ0n) is 17.8. The molecule has 1 amide bonds. The minimum atomic E-state index is -0.786. The fourth-order valence-corrected chi connectivity index (χ4v) is 3.91. The van der Waals surface area contributed by atoms with Crippen LogP contribution in [0, 0.1) is 6.92 Å². The molecule has 0 bridgehead atoms. The summed E-state index contributed by atoms with van der Waals surface area (Å²) in [6.07, 6.45) is -1.39. The maximum Gasteiger partial charge on any atom is 0.409 e. The van der Waals surface area contributed by atoms with E-state index in [-0.39, 0.29) is 6.61 Å². The number of hydrogen-bond acceptors (Lipinski definition) is 5. The molecule has 1 aliphatic heterocycles. The van der Waals surface area contributed by atoms with E-state index in [2.05, 4.69) is 15.5 Å². The fourth-order valence-electron chi connectivity index (χ4n) is 3.78. The Morgan fingerprint density at radius 1 is 1.00 bits per heavy atom. The number of hydrogen-bond donors (Lipinski definition) is 1. The predicted molar refractivity (Wildman–Crippen MR) is 126 cm³/mol. The van der Waals surface area contributed by atoms with Crippen molar-refractivity contribution in [2.24, 2.45) is 4.99 Å². The van der Waals surface area contributed by atoms with Crippen LogP contribution >= 0.6 is 11.6 Å². The first-order valence-electron chi connectivity index (χ1n) is 10.4. The van der Waals surface area contributed by atoms with Gasteiger partial charge in [0.05, 0.1) is 11.4 Å². The summed E-state index contributed by atoms with van der Waals surface area (Å²) in [6.45, 7) is 1.98. The Morgan fingerprint density at radius 2 is 1.73 bits per heavy atom. The average Bonchev–Trinajstić information content (AvgIpc) is 3.16. The van der Waals surface area contributed by atoms with E-state index in [0.29, 0.717) is 16.7 Å². The van der Waals surface area contributed by atoms with E-state index in [9.17, 15) is 4.79 Å². The zero-order valence-corrected chi connectivity index (χ0v) is 18.5. The van der Waals surface area contributed by atoms with Crippen molar-refractivity contribution in [2.75, 3.05) is 0 Å². The van der Waals surface area contributed by atoms with Gasteiger partial charge < -0.3 is 4.74 Å². The van der Waals surface area contributed by atoms with E-state index < -0.39 is 12.3 Å². The van der Waals surface area contributed by atoms with Crippen LogP contribution in [0.1, 0.15) is 34.5 Å². The summed E-state index contributed by atoms with van der Waals surface area (Å²) in [4.78, 5) is 17.6. The highest BCUT2D eigenvalue weighted by Crippen LogP contribution is 2.29. The van der Waals surface area contributed by atoms with Crippen molar-refractivity contribution in [1.82, 2.24) is 20.1 Å². The molecule has 1 unspecified atom stereocenters. The lowest BCUT2D eigenvalue weighted by Gasteiger charge is -2.14. The third-order valence-corrected chi connectivity index (χ3v) is 5.59. The molecule has 0 saturated carbocycles. The SMILES string of the molecule is Cc1nnc2n1-c1ccccc1C(c1ccccc1)=NC2NC(=O)OCc1ccc(Cl)cc1. The molecule has 8 heteroatoms. The number of para-hydroxylation sites is 1. The van der Waals surface area contributed by atoms with Crippen LogP contribution in [-0.2, 0) is 11.3 Å². The van der Waals surface area contributed by atoms with E-state index >= 15 is 0 Å². The highest BCUT2D eigenvalue weighted by atomic mass is 35.5. The van der Waals surface area contributed by atoms with E-state index in [1.165, 1.54) is 0 Å². The van der Waals surface area contributed by atoms with Gasteiger partial charge in [0, 0.05) is 16.1 Å². The standard InChI is InChI=1S/C25H20ClN5O2/c1-16-29-30-24-23(28-25(32)33-15-17-11-13-19(26)14-12-17)27-22(18-7-3-2-4-8-18)20-9-5-6-10-21(20)31(16)24/h2-14,23H,15H2,1H3,(H,28,32). The summed E-state index contributed by atoms with van der Waals surface area (Å²) < 4.78 is 7.35. The lowest BCUT2D eigenvalue weighted by molar-refractivity contribution is 0.135. The first-order valence-corrected chi connectivity index (χ1v) is 10.8. The Balaban J connectivity index is 1.50. The van der Waals surface area contributed by atoms with Gasteiger partial charge in [-0.3, -0.25) is 14.9 Å². The first-order chi connectivity index (χ1) is 16.1. The number of aromatic nitrogens is 3. The van der Waals surface area contributed by atoms with Crippen LogP contribution in [0.2, 0.25) is 5.02 Å². The minimum Gasteiger partial charge on any atom is -0.445 e. The van der Waals surface area contributed by atoms with Gasteiger partial charge >= 0.3 is 6.09 Å². The lowest BCUT2D eigenvalue weighted by atomic mass is 10.0. The second-order valence-electron chi connectivity index (χ2n) is 7.55. The van der Waals surface area contributed by atoms with Crippen molar-refractivity contribution in [1.29, 1.82) is 0 Å². The topological polar surface area (TPSA) is 81.4 Å². The van der Waals surface area contributed by atoms with Gasteiger partial charge in [-0.1, -0.05) is 72.3 Å². The van der Waals surface area contributed by atoms with Crippen LogP contribution in [0.25, 0.3) is 5.69 Å². The van der Waals surface area contributed by atoms with Crippen LogP contribution in [0.3, 0.4) is 0 Å². The number of carbonyl (C=O) groups excluding carboxylic acids is 1. The summed E-state index contributed by atoms with van der Waals surface area (Å²) in [7, 11) is 0. The quantitative estimate of drug-likeness (QED) is 0.467. The maximum absolute atomic E-state index is 12.7. The number of aryl methyl sites for hydroxylation is 1. The van der Waals surface area contributed by atoms with E-state index in [4.69, 9.17) is 21.3 Å². The smallest absolute Gasteiger partial charge is 0.409 e. The van der Waals surface area contributed by atoms with Gasteiger partial charge in [-0.15, -0.1) is 10.2 Å². The molecule has 1 aliphatic rings. The molecule has 0 fully saturated rings. The number of carbonyl (C=O) groups is 1. The second kappa shape index (κ2) is 8.88. The van der Waals surface area contributed by atoms with E-state index in [1.54, 1.807) is 12.1 Å². The van der Waals surface area contributed by atoms with Crippen molar-refractivity contribution < 1.29 is 9.53 Å². The van der Waals surface area contributed by atoms with Crippen molar-refractivity contribution in [3.05, 3.63) is 112 Å². The molecule has 0 saturated heterocycles. The third-order valence-electron chi connectivity index (χ3n) is 5.34. The number of halogens is 1. The lowest BCUT2D eigenvalue weighted by Crippen LogP contribution is -2.30. The van der Waals surface area contributed by atoms with Gasteiger partial charge in [0.2, 0.25) is 0 Å². The molecular weight excluding hydrogens is 438 g/mol. The fraction of sp³-hybridized carbons (Fsp3) is 0.120. The highest BCUT2D eigenvalue weighted by molar-refractivity contribution is 6.30. The molecular formula is C25H20ClN5O2. The Kier molecular flexibility index (Phi) is 5.62. The van der Waals surface area contributed by atoms with Gasteiger partial charge in [0.15, 0.2) is 12.0 Å². The number of nitrogens with zero attached hydrogens (tertiary/aromatic N) is 4. The zero-order chi connectivity index (χ0) is 22.8. The van der Waals surface area contributed by atoms with Crippen LogP contribution in [-0.4, -0.2) is 26.6 Å². The van der Waals surface area contributed by atoms with Crippen molar-refractivity contribution in [2.45, 2.75) is 19.7 Å². The van der Waals surface area contributed by atoms with Crippen LogP contribution in [0.5, 0.6) is 0 Å². The second-order valence-corrected chi connectivity index (χ2v) is 7.99. The van der Waals surface area contributed by atoms with Gasteiger partial charge in [0.25, 0.3) is 0 Å². The van der Waals surface area contributed by atoms with Gasteiger partial charge in [0.1, 0.15) is 12.4 Å². The number of rotatable bonds is 4. The Bertz CT molecular complexity index is 1330. The number of nitrogens with one attached hydrogen (secondary N) is 1. The molecule has 2 heterocycles. The number of fused-ring (bicyclic) bond motifs is 3. The monoisotopic (exact) mass is 457 g/mol. The molecule has 1 N–H and O–H groups in total. The first kappa shape index (κ1) is 20.9. The largest absolute Gasteiger partial charge is 0.445 e. The van der Waals surface area contributed by atoms with Crippen molar-refractivity contribution in [3.8, 4) is 5.69 Å². The molecule has 7 nitrogen and oxygen atoms in total. The normalized spacial score (nSPS) is 14.5. The summed E-state index contributed by atoms with van der Waals surface area (Å²) in [5.74, 6) is 1.21. The molecule has 3 aromatic carbocycles. The number of benzene rings is 3. The number of alkyl carbamates (subject to hydrolysis) is 1. The summed E-state index contributed by atoms with van der Waals surface area (Å²) in [5, 5.41) is 12.0. The molecule has 0 spiro atoms. The number of ether oxygens (including phenoxy) is 1. The summed E-state index contributed by atoms with van der Waals surface area (Å²) in [5.41, 5.74) is 4.33. The molecule has 33 heavy (non-hydrogen) atoms. The van der Waals surface area contributed by atoms with Gasteiger partial charge in [-0.25, -0.2) is 4.79 Å². The Morgan fingerprint density at radius 3 is 2.52 bits per heavy atom. The number of amides is 1. The molecule has 164 valence electrons. The number of aliphatic imine (C=N–C) groups is 1. The molecule has 1 atom stereocenters. The molecule has 5 rings (SSSR count).